The summed E-state index contributed by atoms with van der Waals surface area (Å²) in [6.45, 7) is 0.864. The fraction of sp³-hybridized carbons (Fsp3) is 0.600. The van der Waals surface area contributed by atoms with Gasteiger partial charge in [-0.1, -0.05) is 11.8 Å². The molecule has 2 N–H and O–H groups in total. The Kier molecular flexibility index (Phi) is 2.50. The molecule has 1 aliphatic rings. The molecule has 1 rings (SSSR count). The highest BCUT2D eigenvalue weighted by Gasteiger charge is 2.19. The third kappa shape index (κ3) is 1.41. The van der Waals surface area contributed by atoms with Crippen LogP contribution in [0, 0.1) is 5.41 Å². The molecule has 0 aromatic carbocycles. The summed E-state index contributed by atoms with van der Waals surface area (Å²) in [4.78, 5) is 1.79. The van der Waals surface area contributed by atoms with Gasteiger partial charge in [0.15, 0.2) is 10.3 Å². The van der Waals surface area contributed by atoms with Crippen molar-refractivity contribution in [3.05, 3.63) is 0 Å². The molecule has 0 aromatic heterocycles. The Balaban J connectivity index is 2.55. The van der Waals surface area contributed by atoms with E-state index in [1.54, 1.807) is 11.9 Å². The average Bonchev–Trinajstić information content (AvgIpc) is 2.34. The second-order valence-corrected chi connectivity index (χ2v) is 3.33. The second-order valence-electron chi connectivity index (χ2n) is 1.86. The number of thiocarbonyl (C=S) groups is 1. The monoisotopic (exact) mass is 175 g/mol. The molecule has 56 valence electrons. The van der Waals surface area contributed by atoms with Crippen molar-refractivity contribution in [2.45, 2.75) is 0 Å². The lowest BCUT2D eigenvalue weighted by Gasteiger charge is -2.16. The van der Waals surface area contributed by atoms with E-state index in [-0.39, 0.29) is 0 Å². The van der Waals surface area contributed by atoms with Crippen LogP contribution in [0.25, 0.3) is 0 Å². The highest BCUT2D eigenvalue weighted by atomic mass is 32.2. The maximum Gasteiger partial charge on any atom is 0.174 e. The number of hydrogen-bond donors (Lipinski definition) is 2. The van der Waals surface area contributed by atoms with Crippen LogP contribution in [-0.2, 0) is 0 Å². The Labute approximate surface area is 69.7 Å². The van der Waals surface area contributed by atoms with E-state index in [4.69, 9.17) is 17.6 Å². The van der Waals surface area contributed by atoms with E-state index < -0.39 is 0 Å². The third-order valence-corrected chi connectivity index (χ3v) is 2.56. The van der Waals surface area contributed by atoms with Crippen molar-refractivity contribution in [1.29, 1.82) is 5.41 Å². The first-order valence-electron chi connectivity index (χ1n) is 2.96. The lowest BCUT2D eigenvalue weighted by Crippen LogP contribution is -2.37. The molecule has 0 atom stereocenters. The summed E-state index contributed by atoms with van der Waals surface area (Å²) in [5, 5.41) is 11.4. The molecular formula is C5H9N3S2. The fourth-order valence-corrected chi connectivity index (χ4v) is 1.79. The Bertz CT molecular complexity index is 168. The van der Waals surface area contributed by atoms with Gasteiger partial charge in [-0.15, -0.1) is 0 Å². The zero-order chi connectivity index (χ0) is 7.56. The van der Waals surface area contributed by atoms with Gasteiger partial charge in [-0.25, -0.2) is 0 Å². The van der Waals surface area contributed by atoms with Gasteiger partial charge in [-0.3, -0.25) is 10.3 Å². The summed E-state index contributed by atoms with van der Waals surface area (Å²) in [5.41, 5.74) is 0. The Morgan fingerprint density at radius 2 is 2.60 bits per heavy atom. The molecule has 10 heavy (non-hydrogen) atoms. The topological polar surface area (TPSA) is 39.1 Å². The summed E-state index contributed by atoms with van der Waals surface area (Å²) in [6.07, 6.45) is 0. The van der Waals surface area contributed by atoms with Gasteiger partial charge in [0.25, 0.3) is 0 Å². The lowest BCUT2D eigenvalue weighted by atomic mass is 10.6. The largest absolute Gasteiger partial charge is 0.365 e. The van der Waals surface area contributed by atoms with E-state index >= 15 is 0 Å². The van der Waals surface area contributed by atoms with Crippen LogP contribution in [0.2, 0.25) is 0 Å². The van der Waals surface area contributed by atoms with E-state index in [1.165, 1.54) is 11.8 Å². The highest BCUT2D eigenvalue weighted by molar-refractivity contribution is 8.14. The second kappa shape index (κ2) is 3.21. The van der Waals surface area contributed by atoms with Crippen molar-refractivity contribution in [3.8, 4) is 0 Å². The average molecular weight is 175 g/mol. The van der Waals surface area contributed by atoms with Gasteiger partial charge in [0.1, 0.15) is 0 Å². The van der Waals surface area contributed by atoms with Gasteiger partial charge in [-0.05, 0) is 12.2 Å². The number of nitrogens with zero attached hydrogens (tertiary/aromatic N) is 1. The predicted molar refractivity (Wildman–Crippen MR) is 48.5 cm³/mol. The van der Waals surface area contributed by atoms with E-state index in [1.807, 2.05) is 0 Å². The number of rotatable bonds is 0. The first-order valence-corrected chi connectivity index (χ1v) is 4.35. The molecule has 1 saturated heterocycles. The van der Waals surface area contributed by atoms with Crippen molar-refractivity contribution in [2.75, 3.05) is 19.3 Å². The van der Waals surface area contributed by atoms with E-state index in [2.05, 4.69) is 5.32 Å². The number of hydrogen-bond acceptors (Lipinski definition) is 3. The molecule has 0 unspecified atom stereocenters. The molecule has 1 aliphatic heterocycles. The van der Waals surface area contributed by atoms with Crippen molar-refractivity contribution in [3.63, 3.8) is 0 Å². The van der Waals surface area contributed by atoms with Crippen LogP contribution in [-0.4, -0.2) is 34.5 Å². The standard InChI is InChI=1S/C5H9N3S2/c1-7-5(9)8-2-3-10-4(8)6/h6H,2-3H2,1H3,(H,7,9). The molecule has 1 heterocycles. The van der Waals surface area contributed by atoms with E-state index in [0.717, 1.165) is 12.3 Å². The van der Waals surface area contributed by atoms with Gasteiger partial charge in [0, 0.05) is 19.3 Å². The molecule has 0 saturated carbocycles. The van der Waals surface area contributed by atoms with Crippen molar-refractivity contribution in [1.82, 2.24) is 10.2 Å². The SMILES string of the molecule is CNC(=S)N1CCSC1=N. The van der Waals surface area contributed by atoms with Gasteiger partial charge in [0.05, 0.1) is 0 Å². The molecule has 3 nitrogen and oxygen atoms in total. The van der Waals surface area contributed by atoms with Crippen LogP contribution in [0.3, 0.4) is 0 Å². The normalized spacial score (nSPS) is 17.7. The fourth-order valence-electron chi connectivity index (χ4n) is 0.742. The highest BCUT2D eigenvalue weighted by Crippen LogP contribution is 2.15. The van der Waals surface area contributed by atoms with Gasteiger partial charge >= 0.3 is 0 Å². The Morgan fingerprint density at radius 3 is 3.00 bits per heavy atom. The van der Waals surface area contributed by atoms with Gasteiger partial charge in [-0.2, -0.15) is 0 Å². The van der Waals surface area contributed by atoms with Crippen LogP contribution < -0.4 is 5.32 Å². The molecule has 0 aromatic rings. The third-order valence-electron chi connectivity index (χ3n) is 1.26. The van der Waals surface area contributed by atoms with Gasteiger partial charge < -0.3 is 5.32 Å². The van der Waals surface area contributed by atoms with Crippen LogP contribution in [0.1, 0.15) is 0 Å². The Hall–Kier alpha value is -0.290. The minimum Gasteiger partial charge on any atom is -0.365 e. The van der Waals surface area contributed by atoms with E-state index in [9.17, 15) is 0 Å². The minimum absolute atomic E-state index is 0.555. The molecular weight excluding hydrogens is 166 g/mol. The quantitative estimate of drug-likeness (QED) is 0.525. The number of thioether (sulfide) groups is 1. The van der Waals surface area contributed by atoms with E-state index in [0.29, 0.717) is 10.3 Å². The molecule has 0 spiro atoms. The van der Waals surface area contributed by atoms with Crippen molar-refractivity contribution < 1.29 is 0 Å². The van der Waals surface area contributed by atoms with Gasteiger partial charge in [0.2, 0.25) is 0 Å². The number of amidine groups is 1. The molecule has 0 aliphatic carbocycles. The maximum absolute atomic E-state index is 7.40. The molecule has 5 heteroatoms. The van der Waals surface area contributed by atoms with Crippen LogP contribution in [0.5, 0.6) is 0 Å². The van der Waals surface area contributed by atoms with Crippen LogP contribution in [0.4, 0.5) is 0 Å². The predicted octanol–water partition coefficient (Wildman–Crippen LogP) is 0.474. The molecule has 0 amide bonds. The van der Waals surface area contributed by atoms with Crippen molar-refractivity contribution >= 4 is 34.3 Å². The lowest BCUT2D eigenvalue weighted by molar-refractivity contribution is 0.661. The van der Waals surface area contributed by atoms with Crippen molar-refractivity contribution in [2.24, 2.45) is 0 Å². The smallest absolute Gasteiger partial charge is 0.174 e. The molecule has 1 fully saturated rings. The zero-order valence-electron chi connectivity index (χ0n) is 5.68. The van der Waals surface area contributed by atoms with Crippen LogP contribution in [0.15, 0.2) is 0 Å². The first-order chi connectivity index (χ1) is 4.75. The van der Waals surface area contributed by atoms with Crippen LogP contribution >= 0.6 is 24.0 Å². The maximum atomic E-state index is 7.40. The minimum atomic E-state index is 0.555. The number of nitrogens with one attached hydrogen (secondary N) is 2. The Morgan fingerprint density at radius 1 is 1.90 bits per heavy atom. The summed E-state index contributed by atoms with van der Waals surface area (Å²) in [5.74, 6) is 0.973. The molecule has 0 bridgehead atoms. The summed E-state index contributed by atoms with van der Waals surface area (Å²) in [6, 6.07) is 0. The first kappa shape index (κ1) is 7.81. The zero-order valence-corrected chi connectivity index (χ0v) is 7.31. The summed E-state index contributed by atoms with van der Waals surface area (Å²) in [7, 11) is 1.78. The molecule has 0 radical (unpaired) electrons. The summed E-state index contributed by atoms with van der Waals surface area (Å²) >= 11 is 6.48. The summed E-state index contributed by atoms with van der Waals surface area (Å²) < 4.78 is 0.